The Morgan fingerprint density at radius 3 is 2.47 bits per heavy atom. The van der Waals surface area contributed by atoms with Crippen LogP contribution in [0.15, 0.2) is 36.1 Å². The lowest BCUT2D eigenvalue weighted by molar-refractivity contribution is 0.101. The fourth-order valence-electron chi connectivity index (χ4n) is 3.40. The molecule has 2 aromatic rings. The summed E-state index contributed by atoms with van der Waals surface area (Å²) in [7, 11) is 3.28. The van der Waals surface area contributed by atoms with Crippen LogP contribution < -0.4 is 4.74 Å². The normalized spacial score (nSPS) is 14.4. The summed E-state index contributed by atoms with van der Waals surface area (Å²) in [4.78, 5) is 15.1. The molecule has 0 saturated heterocycles. The number of carbonyl (C=O) groups excluding carboxylic acids is 1. The first-order valence-electron chi connectivity index (χ1n) is 9.70. The molecule has 30 heavy (non-hydrogen) atoms. The highest BCUT2D eigenvalue weighted by Gasteiger charge is 2.33. The SMILES string of the molecule is COCCN(CCOC)Cc1c(O)cc(C)c2c1O/C(=C/c1ccccc1Cl)C2=O. The van der Waals surface area contributed by atoms with Crippen LogP contribution in [-0.2, 0) is 16.0 Å². The molecule has 7 heteroatoms. The number of allylic oxidation sites excluding steroid dienone is 1. The molecule has 0 atom stereocenters. The minimum absolute atomic E-state index is 0.0953. The lowest BCUT2D eigenvalue weighted by Crippen LogP contribution is -2.30. The summed E-state index contributed by atoms with van der Waals surface area (Å²) in [5, 5.41) is 11.2. The zero-order valence-electron chi connectivity index (χ0n) is 17.4. The number of halogens is 1. The Bertz CT molecular complexity index is 949. The second-order valence-electron chi connectivity index (χ2n) is 7.12. The predicted molar refractivity (Wildman–Crippen MR) is 116 cm³/mol. The third-order valence-corrected chi connectivity index (χ3v) is 5.36. The fourth-order valence-corrected chi connectivity index (χ4v) is 3.59. The maximum atomic E-state index is 13.1. The van der Waals surface area contributed by atoms with Crippen molar-refractivity contribution in [3.8, 4) is 11.5 Å². The monoisotopic (exact) mass is 431 g/mol. The number of fused-ring (bicyclic) bond motifs is 1. The van der Waals surface area contributed by atoms with Gasteiger partial charge in [-0.2, -0.15) is 0 Å². The zero-order chi connectivity index (χ0) is 21.7. The van der Waals surface area contributed by atoms with E-state index in [4.69, 9.17) is 25.8 Å². The molecule has 0 aliphatic carbocycles. The smallest absolute Gasteiger partial charge is 0.232 e. The lowest BCUT2D eigenvalue weighted by Gasteiger charge is -2.23. The van der Waals surface area contributed by atoms with Gasteiger partial charge in [-0.25, -0.2) is 0 Å². The topological polar surface area (TPSA) is 68.2 Å². The minimum Gasteiger partial charge on any atom is -0.507 e. The van der Waals surface area contributed by atoms with Crippen LogP contribution in [0, 0.1) is 6.92 Å². The third-order valence-electron chi connectivity index (χ3n) is 5.02. The molecule has 0 radical (unpaired) electrons. The first kappa shape index (κ1) is 22.3. The van der Waals surface area contributed by atoms with Crippen LogP contribution >= 0.6 is 11.6 Å². The van der Waals surface area contributed by atoms with Crippen molar-refractivity contribution >= 4 is 23.5 Å². The van der Waals surface area contributed by atoms with Gasteiger partial charge >= 0.3 is 0 Å². The van der Waals surface area contributed by atoms with Gasteiger partial charge in [-0.3, -0.25) is 9.69 Å². The highest BCUT2D eigenvalue weighted by Crippen LogP contribution is 2.42. The van der Waals surface area contributed by atoms with Gasteiger partial charge in [0.2, 0.25) is 5.78 Å². The Balaban J connectivity index is 1.96. The number of methoxy groups -OCH3 is 2. The highest BCUT2D eigenvalue weighted by atomic mass is 35.5. The summed E-state index contributed by atoms with van der Waals surface area (Å²) in [6, 6.07) is 8.85. The zero-order valence-corrected chi connectivity index (χ0v) is 18.2. The number of hydrogen-bond acceptors (Lipinski definition) is 6. The van der Waals surface area contributed by atoms with Crippen LogP contribution in [-0.4, -0.2) is 56.3 Å². The van der Waals surface area contributed by atoms with Gasteiger partial charge in [-0.15, -0.1) is 0 Å². The first-order valence-corrected chi connectivity index (χ1v) is 10.1. The number of ketones is 1. The van der Waals surface area contributed by atoms with E-state index < -0.39 is 0 Å². The number of Topliss-reactive ketones (excluding diaryl/α,β-unsaturated/α-hetero) is 1. The Kier molecular flexibility index (Phi) is 7.50. The molecule has 160 valence electrons. The van der Waals surface area contributed by atoms with E-state index in [9.17, 15) is 9.90 Å². The molecule has 0 saturated carbocycles. The van der Waals surface area contributed by atoms with E-state index >= 15 is 0 Å². The largest absolute Gasteiger partial charge is 0.507 e. The molecule has 0 amide bonds. The van der Waals surface area contributed by atoms with E-state index in [1.807, 2.05) is 18.2 Å². The van der Waals surface area contributed by atoms with Gasteiger partial charge in [0.1, 0.15) is 11.5 Å². The van der Waals surface area contributed by atoms with E-state index in [0.29, 0.717) is 65.9 Å². The van der Waals surface area contributed by atoms with Crippen LogP contribution in [0.3, 0.4) is 0 Å². The number of ether oxygens (including phenoxy) is 3. The average molecular weight is 432 g/mol. The number of phenols is 1. The minimum atomic E-state index is -0.219. The number of aromatic hydroxyl groups is 1. The summed E-state index contributed by atoms with van der Waals surface area (Å²) in [5.74, 6) is 0.464. The predicted octanol–water partition coefficient (Wildman–Crippen LogP) is 4.07. The molecule has 0 bridgehead atoms. The van der Waals surface area contributed by atoms with Crippen molar-refractivity contribution in [3.63, 3.8) is 0 Å². The second kappa shape index (κ2) is 10.1. The summed E-state index contributed by atoms with van der Waals surface area (Å²) in [6.07, 6.45) is 1.64. The van der Waals surface area contributed by atoms with E-state index in [2.05, 4.69) is 4.90 Å². The maximum absolute atomic E-state index is 13.1. The van der Waals surface area contributed by atoms with Gasteiger partial charge in [0.15, 0.2) is 5.76 Å². The molecule has 3 rings (SSSR count). The molecule has 1 aliphatic rings. The molecule has 6 nitrogen and oxygen atoms in total. The third kappa shape index (κ3) is 4.84. The van der Waals surface area contributed by atoms with Crippen molar-refractivity contribution in [2.75, 3.05) is 40.5 Å². The quantitative estimate of drug-likeness (QED) is 0.604. The molecule has 1 aliphatic heterocycles. The van der Waals surface area contributed by atoms with Crippen LogP contribution in [0.1, 0.15) is 27.0 Å². The molecule has 0 unspecified atom stereocenters. The number of aryl methyl sites for hydroxylation is 1. The van der Waals surface area contributed by atoms with E-state index in [1.54, 1.807) is 39.4 Å². The molecular formula is C23H26ClNO5. The molecule has 0 fully saturated rings. The number of carbonyl (C=O) groups is 1. The molecule has 1 N–H and O–H groups in total. The van der Waals surface area contributed by atoms with Crippen LogP contribution in [0.2, 0.25) is 5.02 Å². The Morgan fingerprint density at radius 2 is 1.83 bits per heavy atom. The van der Waals surface area contributed by atoms with E-state index in [-0.39, 0.29) is 17.3 Å². The molecule has 0 aromatic heterocycles. The second-order valence-corrected chi connectivity index (χ2v) is 7.53. The Hall–Kier alpha value is -2.38. The molecule has 2 aromatic carbocycles. The van der Waals surface area contributed by atoms with Crippen molar-refractivity contribution in [3.05, 3.63) is 63.4 Å². The van der Waals surface area contributed by atoms with Crippen LogP contribution in [0.25, 0.3) is 6.08 Å². The number of rotatable bonds is 9. The van der Waals surface area contributed by atoms with E-state index in [1.165, 1.54) is 0 Å². The van der Waals surface area contributed by atoms with Crippen molar-refractivity contribution in [2.24, 2.45) is 0 Å². The van der Waals surface area contributed by atoms with Gasteiger partial charge in [0.05, 0.1) is 24.3 Å². The van der Waals surface area contributed by atoms with Gasteiger partial charge in [0, 0.05) is 38.9 Å². The van der Waals surface area contributed by atoms with Gasteiger partial charge in [-0.05, 0) is 36.3 Å². The molecule has 0 spiro atoms. The first-order chi connectivity index (χ1) is 14.5. The van der Waals surface area contributed by atoms with Crippen LogP contribution in [0.4, 0.5) is 0 Å². The number of phenolic OH excluding ortho intramolecular Hbond substituents is 1. The van der Waals surface area contributed by atoms with Crippen molar-refractivity contribution < 1.29 is 24.1 Å². The number of hydrogen-bond donors (Lipinski definition) is 1. The van der Waals surface area contributed by atoms with Crippen molar-refractivity contribution in [1.29, 1.82) is 0 Å². The maximum Gasteiger partial charge on any atom is 0.232 e. The van der Waals surface area contributed by atoms with Gasteiger partial charge in [0.25, 0.3) is 0 Å². The summed E-state index contributed by atoms with van der Waals surface area (Å²) < 4.78 is 16.4. The summed E-state index contributed by atoms with van der Waals surface area (Å²) in [6.45, 7) is 4.56. The van der Waals surface area contributed by atoms with Gasteiger partial charge in [-0.1, -0.05) is 29.8 Å². The molecule has 1 heterocycles. The molecular weight excluding hydrogens is 406 g/mol. The highest BCUT2D eigenvalue weighted by molar-refractivity contribution is 6.32. The van der Waals surface area contributed by atoms with Gasteiger partial charge < -0.3 is 19.3 Å². The Labute approximate surface area is 181 Å². The summed E-state index contributed by atoms with van der Waals surface area (Å²) in [5.41, 5.74) is 2.40. The number of nitrogens with zero attached hydrogens (tertiary/aromatic N) is 1. The van der Waals surface area contributed by atoms with Crippen molar-refractivity contribution in [1.82, 2.24) is 4.90 Å². The lowest BCUT2D eigenvalue weighted by atomic mass is 9.99. The summed E-state index contributed by atoms with van der Waals surface area (Å²) >= 11 is 6.23. The van der Waals surface area contributed by atoms with E-state index in [0.717, 1.165) is 0 Å². The fraction of sp³-hybridized carbons (Fsp3) is 0.348. The standard InChI is InChI=1S/C23H26ClNO5/c1-15-12-19(26)17(14-25(8-10-28-2)9-11-29-3)23-21(15)22(27)20(30-23)13-16-6-4-5-7-18(16)24/h4-7,12-13,26H,8-11,14H2,1-3H3/b20-13+. The Morgan fingerprint density at radius 1 is 1.17 bits per heavy atom. The average Bonchev–Trinajstić information content (AvgIpc) is 3.05. The number of benzene rings is 2. The van der Waals surface area contributed by atoms with Crippen molar-refractivity contribution in [2.45, 2.75) is 13.5 Å². The van der Waals surface area contributed by atoms with Crippen LogP contribution in [0.5, 0.6) is 11.5 Å².